The molecule has 0 saturated carbocycles. The second-order valence-electron chi connectivity index (χ2n) is 14.6. The fourth-order valence-electron chi connectivity index (χ4n) is 7.27. The molecule has 0 amide bonds. The van der Waals surface area contributed by atoms with E-state index in [2.05, 4.69) is 98.2 Å². The van der Waals surface area contributed by atoms with Crippen LogP contribution in [-0.2, 0) is 13.2 Å². The van der Waals surface area contributed by atoms with E-state index in [4.69, 9.17) is 18.9 Å². The number of benzene rings is 6. The van der Waals surface area contributed by atoms with Crippen molar-refractivity contribution in [1.82, 2.24) is 0 Å². The van der Waals surface area contributed by atoms with Crippen molar-refractivity contribution >= 4 is 22.7 Å². The summed E-state index contributed by atoms with van der Waals surface area (Å²) >= 11 is 0. The number of hydrogen-bond acceptors (Lipinski definition) is 6. The Hall–Kier alpha value is -5.88. The van der Waals surface area contributed by atoms with Crippen LogP contribution in [0.1, 0.15) is 38.8 Å². The Morgan fingerprint density at radius 3 is 1.19 bits per heavy atom. The van der Waals surface area contributed by atoms with Crippen molar-refractivity contribution in [2.24, 2.45) is 11.8 Å². The summed E-state index contributed by atoms with van der Waals surface area (Å²) in [5.74, 6) is 3.95. The maximum atomic E-state index is 6.49. The van der Waals surface area contributed by atoms with E-state index in [1.54, 1.807) is 14.2 Å². The Morgan fingerprint density at radius 1 is 0.426 bits per heavy atom. The van der Waals surface area contributed by atoms with E-state index in [9.17, 15) is 0 Å². The molecule has 0 aliphatic carbocycles. The molecule has 1 heterocycles. The van der Waals surface area contributed by atoms with Crippen molar-refractivity contribution in [3.8, 4) is 45.3 Å². The fourth-order valence-corrected chi connectivity index (χ4v) is 7.27. The summed E-state index contributed by atoms with van der Waals surface area (Å²) in [6.45, 7) is 11.7. The topological polar surface area (TPSA) is 43.4 Å². The Balaban J connectivity index is 1.33. The van der Waals surface area contributed by atoms with Crippen LogP contribution in [0.4, 0.5) is 22.7 Å². The number of hydrogen-bond donors (Lipinski definition) is 0. The van der Waals surface area contributed by atoms with Gasteiger partial charge in [-0.25, -0.2) is 0 Å². The van der Waals surface area contributed by atoms with E-state index in [0.717, 1.165) is 80.8 Å². The van der Waals surface area contributed by atoms with Crippen LogP contribution in [0.15, 0.2) is 133 Å². The molecular formula is C48H50N2O4. The first-order valence-corrected chi connectivity index (χ1v) is 18.9. The molecule has 0 spiro atoms. The molecule has 0 unspecified atom stereocenters. The highest BCUT2D eigenvalue weighted by Gasteiger charge is 2.31. The highest BCUT2D eigenvalue weighted by atomic mass is 16.5. The van der Waals surface area contributed by atoms with Crippen LogP contribution in [0.25, 0.3) is 22.3 Å². The van der Waals surface area contributed by atoms with Crippen LogP contribution in [0.2, 0.25) is 0 Å². The standard InChI is InChI=1S/C48H50N2O4/c1-33(2)29-49-39-25-23-38(48-44(52-6)20-14-22-46(48)54-32-36-17-11-8-12-18-36)28-42(39)50(30-34(3)4)40-26-24-37(27-41(40)49)47-43(51-5)19-13-21-45(47)53-31-35-15-9-7-10-16-35/h7-28,33-34H,29-32H2,1-6H3. The van der Waals surface area contributed by atoms with Crippen molar-refractivity contribution in [1.29, 1.82) is 0 Å². The normalized spacial score (nSPS) is 12.1. The summed E-state index contributed by atoms with van der Waals surface area (Å²) in [7, 11) is 3.45. The van der Waals surface area contributed by atoms with Crippen LogP contribution in [-0.4, -0.2) is 27.3 Å². The maximum Gasteiger partial charge on any atom is 0.131 e. The molecule has 7 rings (SSSR count). The lowest BCUT2D eigenvalue weighted by Crippen LogP contribution is -2.33. The predicted molar refractivity (Wildman–Crippen MR) is 222 cm³/mol. The average molecular weight is 719 g/mol. The molecule has 6 heteroatoms. The third-order valence-electron chi connectivity index (χ3n) is 9.68. The molecule has 0 N–H and O–H groups in total. The zero-order chi connectivity index (χ0) is 37.6. The van der Waals surface area contributed by atoms with Gasteiger partial charge in [-0.3, -0.25) is 0 Å². The summed E-state index contributed by atoms with van der Waals surface area (Å²) < 4.78 is 24.9. The SMILES string of the molecule is COc1cccc(OCc2ccccc2)c1-c1ccc2c(c1)N(CC(C)C)c1ccc(-c3c(OC)cccc3OCc3ccccc3)cc1N2CC(C)C. The zero-order valence-corrected chi connectivity index (χ0v) is 32.2. The van der Waals surface area contributed by atoms with Gasteiger partial charge in [0.1, 0.15) is 36.2 Å². The lowest BCUT2D eigenvalue weighted by molar-refractivity contribution is 0.305. The number of rotatable bonds is 14. The molecule has 0 atom stereocenters. The van der Waals surface area contributed by atoms with Crippen molar-refractivity contribution in [3.63, 3.8) is 0 Å². The van der Waals surface area contributed by atoms with Gasteiger partial charge in [0.15, 0.2) is 0 Å². The smallest absolute Gasteiger partial charge is 0.131 e. The van der Waals surface area contributed by atoms with Gasteiger partial charge >= 0.3 is 0 Å². The van der Waals surface area contributed by atoms with E-state index in [0.29, 0.717) is 25.0 Å². The van der Waals surface area contributed by atoms with Crippen molar-refractivity contribution < 1.29 is 18.9 Å². The van der Waals surface area contributed by atoms with E-state index in [1.165, 1.54) is 11.4 Å². The lowest BCUT2D eigenvalue weighted by atomic mass is 9.95. The molecule has 1 aliphatic rings. The number of ether oxygens (including phenoxy) is 4. The van der Waals surface area contributed by atoms with Gasteiger partial charge in [0.05, 0.1) is 48.1 Å². The van der Waals surface area contributed by atoms with E-state index < -0.39 is 0 Å². The van der Waals surface area contributed by atoms with Gasteiger partial charge in [-0.2, -0.15) is 0 Å². The number of anilines is 4. The van der Waals surface area contributed by atoms with Crippen LogP contribution >= 0.6 is 0 Å². The van der Waals surface area contributed by atoms with Gasteiger partial charge in [-0.1, -0.05) is 113 Å². The first-order chi connectivity index (χ1) is 26.3. The molecule has 0 bridgehead atoms. The molecule has 0 fully saturated rings. The monoisotopic (exact) mass is 718 g/mol. The third-order valence-corrected chi connectivity index (χ3v) is 9.68. The largest absolute Gasteiger partial charge is 0.496 e. The summed E-state index contributed by atoms with van der Waals surface area (Å²) in [4.78, 5) is 4.96. The van der Waals surface area contributed by atoms with Crippen LogP contribution in [0, 0.1) is 11.8 Å². The van der Waals surface area contributed by atoms with Gasteiger partial charge < -0.3 is 28.7 Å². The van der Waals surface area contributed by atoms with Crippen molar-refractivity contribution in [2.75, 3.05) is 37.1 Å². The molecule has 276 valence electrons. The second kappa shape index (κ2) is 16.4. The zero-order valence-electron chi connectivity index (χ0n) is 32.2. The average Bonchev–Trinajstić information content (AvgIpc) is 3.20. The van der Waals surface area contributed by atoms with Crippen LogP contribution in [0.3, 0.4) is 0 Å². The van der Waals surface area contributed by atoms with Gasteiger partial charge in [0, 0.05) is 13.1 Å². The minimum Gasteiger partial charge on any atom is -0.496 e. The molecule has 54 heavy (non-hydrogen) atoms. The molecule has 6 aromatic rings. The Morgan fingerprint density at radius 2 is 0.815 bits per heavy atom. The molecule has 6 nitrogen and oxygen atoms in total. The van der Waals surface area contributed by atoms with Crippen molar-refractivity contribution in [3.05, 3.63) is 145 Å². The van der Waals surface area contributed by atoms with Gasteiger partial charge in [0.25, 0.3) is 0 Å². The highest BCUT2D eigenvalue weighted by Crippen LogP contribution is 2.53. The first-order valence-electron chi connectivity index (χ1n) is 18.9. The fraction of sp³-hybridized carbons (Fsp3) is 0.250. The van der Waals surface area contributed by atoms with E-state index in [1.807, 2.05) is 72.8 Å². The summed E-state index contributed by atoms with van der Waals surface area (Å²) in [5, 5.41) is 0. The number of fused-ring (bicyclic) bond motifs is 2. The second-order valence-corrected chi connectivity index (χ2v) is 14.6. The molecule has 0 aromatic heterocycles. The Bertz CT molecular complexity index is 2030. The molecular weight excluding hydrogens is 669 g/mol. The van der Waals surface area contributed by atoms with Crippen LogP contribution < -0.4 is 28.7 Å². The van der Waals surface area contributed by atoms with Gasteiger partial charge in [0.2, 0.25) is 0 Å². The minimum absolute atomic E-state index is 0.411. The molecule has 6 aromatic carbocycles. The maximum absolute atomic E-state index is 6.49. The number of methoxy groups -OCH3 is 2. The van der Waals surface area contributed by atoms with E-state index in [-0.39, 0.29) is 0 Å². The van der Waals surface area contributed by atoms with Gasteiger partial charge in [-0.05, 0) is 82.6 Å². The Labute approximate surface area is 320 Å². The van der Waals surface area contributed by atoms with E-state index >= 15 is 0 Å². The summed E-state index contributed by atoms with van der Waals surface area (Å²) in [6.07, 6.45) is 0. The highest BCUT2D eigenvalue weighted by molar-refractivity contribution is 5.97. The molecule has 0 saturated heterocycles. The quantitative estimate of drug-likeness (QED) is 0.112. The first kappa shape index (κ1) is 36.5. The van der Waals surface area contributed by atoms with Gasteiger partial charge in [-0.15, -0.1) is 0 Å². The predicted octanol–water partition coefficient (Wildman–Crippen LogP) is 12.1. The third kappa shape index (κ3) is 7.74. The minimum atomic E-state index is 0.411. The summed E-state index contributed by atoms with van der Waals surface area (Å²) in [6, 6.07) is 46.2. The summed E-state index contributed by atoms with van der Waals surface area (Å²) in [5.41, 5.74) is 10.9. The lowest BCUT2D eigenvalue weighted by Gasteiger charge is -2.42. The van der Waals surface area contributed by atoms with Crippen LogP contribution in [0.5, 0.6) is 23.0 Å². The number of nitrogens with zero attached hydrogens (tertiary/aromatic N) is 2. The molecule has 0 radical (unpaired) electrons. The Kier molecular flexibility index (Phi) is 11.1. The molecule has 1 aliphatic heterocycles. The van der Waals surface area contributed by atoms with Crippen molar-refractivity contribution in [2.45, 2.75) is 40.9 Å².